The van der Waals surface area contributed by atoms with Crippen molar-refractivity contribution < 1.29 is 4.74 Å². The highest BCUT2D eigenvalue weighted by atomic mass is 79.9. The lowest BCUT2D eigenvalue weighted by Crippen LogP contribution is -2.36. The van der Waals surface area contributed by atoms with Gasteiger partial charge in [-0.15, -0.1) is 0 Å². The van der Waals surface area contributed by atoms with Crippen LogP contribution in [0.3, 0.4) is 0 Å². The molecule has 0 atom stereocenters. The van der Waals surface area contributed by atoms with Gasteiger partial charge in [0.2, 0.25) is 0 Å². The maximum absolute atomic E-state index is 5.39. The van der Waals surface area contributed by atoms with Gasteiger partial charge in [-0.3, -0.25) is 0 Å². The SMILES string of the molecule is CC(C)(C)NCc1ccc(N2CCOCC2)cc1Br. The van der Waals surface area contributed by atoms with E-state index in [1.165, 1.54) is 15.7 Å². The van der Waals surface area contributed by atoms with Crippen molar-refractivity contribution in [3.8, 4) is 0 Å². The van der Waals surface area contributed by atoms with Crippen LogP contribution < -0.4 is 10.2 Å². The minimum Gasteiger partial charge on any atom is -0.378 e. The number of rotatable bonds is 3. The first-order chi connectivity index (χ1) is 8.96. The van der Waals surface area contributed by atoms with E-state index in [2.05, 4.69) is 65.1 Å². The first kappa shape index (κ1) is 14.8. The number of morpholine rings is 1. The first-order valence-corrected chi connectivity index (χ1v) is 7.61. The van der Waals surface area contributed by atoms with Crippen LogP contribution in [0, 0.1) is 0 Å². The molecular formula is C15H23BrN2O. The molecule has 1 N–H and O–H groups in total. The van der Waals surface area contributed by atoms with E-state index >= 15 is 0 Å². The molecule has 0 unspecified atom stereocenters. The number of halogens is 1. The Labute approximate surface area is 124 Å². The summed E-state index contributed by atoms with van der Waals surface area (Å²) in [6.07, 6.45) is 0. The van der Waals surface area contributed by atoms with Crippen molar-refractivity contribution in [3.63, 3.8) is 0 Å². The Morgan fingerprint density at radius 2 is 1.95 bits per heavy atom. The number of ether oxygens (including phenoxy) is 1. The van der Waals surface area contributed by atoms with Gasteiger partial charge in [0, 0.05) is 35.3 Å². The quantitative estimate of drug-likeness (QED) is 0.923. The molecule has 0 aromatic heterocycles. The Hall–Kier alpha value is -0.580. The molecule has 1 fully saturated rings. The fraction of sp³-hybridized carbons (Fsp3) is 0.600. The fourth-order valence-corrected chi connectivity index (χ4v) is 2.57. The van der Waals surface area contributed by atoms with Crippen LogP contribution in [-0.2, 0) is 11.3 Å². The Kier molecular flexibility index (Phi) is 4.87. The summed E-state index contributed by atoms with van der Waals surface area (Å²) in [6.45, 7) is 11.0. The highest BCUT2D eigenvalue weighted by molar-refractivity contribution is 9.10. The van der Waals surface area contributed by atoms with Crippen LogP contribution in [0.4, 0.5) is 5.69 Å². The molecule has 1 heterocycles. The number of nitrogens with one attached hydrogen (secondary N) is 1. The lowest BCUT2D eigenvalue weighted by atomic mass is 10.1. The van der Waals surface area contributed by atoms with Crippen LogP contribution >= 0.6 is 15.9 Å². The molecule has 1 aliphatic heterocycles. The Morgan fingerprint density at radius 3 is 2.53 bits per heavy atom. The third-order valence-electron chi connectivity index (χ3n) is 3.22. The van der Waals surface area contributed by atoms with E-state index < -0.39 is 0 Å². The zero-order chi connectivity index (χ0) is 13.9. The summed E-state index contributed by atoms with van der Waals surface area (Å²) in [5, 5.41) is 3.51. The second kappa shape index (κ2) is 6.25. The van der Waals surface area contributed by atoms with E-state index in [0.717, 1.165) is 32.8 Å². The molecule has 0 saturated carbocycles. The molecule has 0 aliphatic carbocycles. The average molecular weight is 327 g/mol. The van der Waals surface area contributed by atoms with Crippen LogP contribution in [-0.4, -0.2) is 31.8 Å². The van der Waals surface area contributed by atoms with Gasteiger partial charge in [-0.05, 0) is 38.5 Å². The van der Waals surface area contributed by atoms with Crippen LogP contribution in [0.25, 0.3) is 0 Å². The van der Waals surface area contributed by atoms with Gasteiger partial charge in [0.15, 0.2) is 0 Å². The summed E-state index contributed by atoms with van der Waals surface area (Å²) in [4.78, 5) is 2.37. The molecule has 0 amide bonds. The molecule has 1 aliphatic rings. The molecule has 0 bridgehead atoms. The lowest BCUT2D eigenvalue weighted by molar-refractivity contribution is 0.122. The molecule has 2 rings (SSSR count). The molecule has 0 spiro atoms. The third-order valence-corrected chi connectivity index (χ3v) is 3.96. The van der Waals surface area contributed by atoms with Gasteiger partial charge in [-0.25, -0.2) is 0 Å². The smallest absolute Gasteiger partial charge is 0.0642 e. The van der Waals surface area contributed by atoms with Gasteiger partial charge in [-0.1, -0.05) is 22.0 Å². The van der Waals surface area contributed by atoms with Gasteiger partial charge in [0.05, 0.1) is 13.2 Å². The summed E-state index contributed by atoms with van der Waals surface area (Å²) in [5.74, 6) is 0. The van der Waals surface area contributed by atoms with Crippen molar-refractivity contribution >= 4 is 21.6 Å². The van der Waals surface area contributed by atoms with Gasteiger partial charge in [0.25, 0.3) is 0 Å². The summed E-state index contributed by atoms with van der Waals surface area (Å²) in [7, 11) is 0. The molecule has 1 aromatic carbocycles. The molecule has 106 valence electrons. The summed E-state index contributed by atoms with van der Waals surface area (Å²) in [6, 6.07) is 6.62. The average Bonchev–Trinajstić information content (AvgIpc) is 2.37. The van der Waals surface area contributed by atoms with E-state index in [1.807, 2.05) is 0 Å². The minimum atomic E-state index is 0.141. The molecule has 19 heavy (non-hydrogen) atoms. The van der Waals surface area contributed by atoms with E-state index in [4.69, 9.17) is 4.74 Å². The predicted molar refractivity (Wildman–Crippen MR) is 83.8 cm³/mol. The Morgan fingerprint density at radius 1 is 1.26 bits per heavy atom. The summed E-state index contributed by atoms with van der Waals surface area (Å²) in [5.41, 5.74) is 2.71. The Balaban J connectivity index is 2.04. The standard InChI is InChI=1S/C15H23BrN2O/c1-15(2,3)17-11-12-4-5-13(10-14(12)16)18-6-8-19-9-7-18/h4-5,10,17H,6-9,11H2,1-3H3. The van der Waals surface area contributed by atoms with E-state index in [1.54, 1.807) is 0 Å². The molecule has 0 radical (unpaired) electrons. The highest BCUT2D eigenvalue weighted by Crippen LogP contribution is 2.25. The lowest BCUT2D eigenvalue weighted by Gasteiger charge is -2.29. The van der Waals surface area contributed by atoms with E-state index in [0.29, 0.717) is 0 Å². The van der Waals surface area contributed by atoms with Gasteiger partial charge in [-0.2, -0.15) is 0 Å². The second-order valence-electron chi connectivity index (χ2n) is 5.98. The minimum absolute atomic E-state index is 0.141. The third kappa shape index (κ3) is 4.48. The zero-order valence-electron chi connectivity index (χ0n) is 12.0. The van der Waals surface area contributed by atoms with Gasteiger partial charge >= 0.3 is 0 Å². The van der Waals surface area contributed by atoms with E-state index in [-0.39, 0.29) is 5.54 Å². The number of hydrogen-bond acceptors (Lipinski definition) is 3. The highest BCUT2D eigenvalue weighted by Gasteiger charge is 2.13. The van der Waals surface area contributed by atoms with Crippen molar-refractivity contribution in [1.29, 1.82) is 0 Å². The monoisotopic (exact) mass is 326 g/mol. The van der Waals surface area contributed by atoms with Crippen molar-refractivity contribution in [3.05, 3.63) is 28.2 Å². The van der Waals surface area contributed by atoms with Crippen molar-refractivity contribution in [2.45, 2.75) is 32.9 Å². The normalized spacial score (nSPS) is 16.7. The van der Waals surface area contributed by atoms with E-state index in [9.17, 15) is 0 Å². The number of benzene rings is 1. The predicted octanol–water partition coefficient (Wildman–Crippen LogP) is 3.17. The van der Waals surface area contributed by atoms with Crippen molar-refractivity contribution in [2.24, 2.45) is 0 Å². The number of anilines is 1. The molecular weight excluding hydrogens is 304 g/mol. The zero-order valence-corrected chi connectivity index (χ0v) is 13.6. The number of nitrogens with zero attached hydrogens (tertiary/aromatic N) is 1. The van der Waals surface area contributed by atoms with Crippen LogP contribution in [0.2, 0.25) is 0 Å². The number of hydrogen-bond donors (Lipinski definition) is 1. The largest absolute Gasteiger partial charge is 0.378 e. The topological polar surface area (TPSA) is 24.5 Å². The van der Waals surface area contributed by atoms with Crippen LogP contribution in [0.15, 0.2) is 22.7 Å². The fourth-order valence-electron chi connectivity index (χ4n) is 2.06. The van der Waals surface area contributed by atoms with Crippen LogP contribution in [0.1, 0.15) is 26.3 Å². The van der Waals surface area contributed by atoms with Gasteiger partial charge < -0.3 is 15.0 Å². The summed E-state index contributed by atoms with van der Waals surface area (Å²) < 4.78 is 6.56. The molecule has 4 heteroatoms. The maximum atomic E-state index is 5.39. The second-order valence-corrected chi connectivity index (χ2v) is 6.83. The maximum Gasteiger partial charge on any atom is 0.0642 e. The molecule has 3 nitrogen and oxygen atoms in total. The Bertz CT molecular complexity index is 423. The van der Waals surface area contributed by atoms with Crippen molar-refractivity contribution in [1.82, 2.24) is 5.32 Å². The molecule has 1 saturated heterocycles. The molecule has 1 aromatic rings. The first-order valence-electron chi connectivity index (χ1n) is 6.82. The summed E-state index contributed by atoms with van der Waals surface area (Å²) >= 11 is 3.68. The van der Waals surface area contributed by atoms with Crippen LogP contribution in [0.5, 0.6) is 0 Å². The van der Waals surface area contributed by atoms with Gasteiger partial charge in [0.1, 0.15) is 0 Å². The van der Waals surface area contributed by atoms with Crippen molar-refractivity contribution in [2.75, 3.05) is 31.2 Å².